The number of halogens is 2. The van der Waals surface area contributed by atoms with E-state index in [9.17, 15) is 18.4 Å². The number of aryl methyl sites for hydroxylation is 1. The topological polar surface area (TPSA) is 37.4 Å². The molecule has 5 heteroatoms. The van der Waals surface area contributed by atoms with Crippen molar-refractivity contribution in [1.29, 1.82) is 0 Å². The van der Waals surface area contributed by atoms with E-state index in [0.717, 1.165) is 17.7 Å². The molecule has 1 atom stereocenters. The van der Waals surface area contributed by atoms with Crippen molar-refractivity contribution in [2.24, 2.45) is 0 Å². The van der Waals surface area contributed by atoms with Gasteiger partial charge in [-0.1, -0.05) is 35.9 Å². The summed E-state index contributed by atoms with van der Waals surface area (Å²) in [6.07, 6.45) is 0. The van der Waals surface area contributed by atoms with Crippen LogP contribution in [0.4, 0.5) is 8.78 Å². The largest absolute Gasteiger partial charge is 0.332 e. The van der Waals surface area contributed by atoms with E-state index in [0.29, 0.717) is 11.1 Å². The first-order chi connectivity index (χ1) is 10.8. The number of benzene rings is 2. The van der Waals surface area contributed by atoms with Gasteiger partial charge in [0, 0.05) is 12.6 Å². The van der Waals surface area contributed by atoms with Gasteiger partial charge < -0.3 is 4.90 Å². The molecular weight excluding hydrogens is 300 g/mol. The summed E-state index contributed by atoms with van der Waals surface area (Å²) in [7, 11) is 1.46. The Balaban J connectivity index is 2.19. The molecule has 0 N–H and O–H groups in total. The fraction of sp³-hybridized carbons (Fsp3) is 0.222. The quantitative estimate of drug-likeness (QED) is 0.637. The van der Waals surface area contributed by atoms with Crippen LogP contribution in [0.1, 0.15) is 34.5 Å². The number of nitrogens with zero attached hydrogens (tertiary/aromatic N) is 1. The summed E-state index contributed by atoms with van der Waals surface area (Å²) in [5, 5.41) is 0. The minimum atomic E-state index is -0.986. The fourth-order valence-electron chi connectivity index (χ4n) is 2.16. The maximum atomic E-state index is 13.3. The zero-order chi connectivity index (χ0) is 17.1. The first-order valence-corrected chi connectivity index (χ1v) is 7.14. The molecule has 23 heavy (non-hydrogen) atoms. The van der Waals surface area contributed by atoms with E-state index in [1.807, 2.05) is 6.92 Å². The molecule has 0 spiro atoms. The number of Topliss-reactive ketones (excluding diaryl/α,β-unsaturated/α-hetero) is 1. The van der Waals surface area contributed by atoms with Gasteiger partial charge in [0.15, 0.2) is 11.6 Å². The average molecular weight is 317 g/mol. The molecule has 0 saturated heterocycles. The number of carbonyl (C=O) groups excluding carboxylic acids is 2. The van der Waals surface area contributed by atoms with Crippen molar-refractivity contribution in [2.45, 2.75) is 19.9 Å². The van der Waals surface area contributed by atoms with Crippen LogP contribution in [-0.2, 0) is 4.79 Å². The Morgan fingerprint density at radius 3 is 2.17 bits per heavy atom. The van der Waals surface area contributed by atoms with Gasteiger partial charge in [0.2, 0.25) is 5.78 Å². The Kier molecular flexibility index (Phi) is 4.89. The zero-order valence-electron chi connectivity index (χ0n) is 13.1. The van der Waals surface area contributed by atoms with E-state index >= 15 is 0 Å². The Labute approximate surface area is 133 Å². The lowest BCUT2D eigenvalue weighted by Crippen LogP contribution is -2.35. The molecule has 1 unspecified atom stereocenters. The molecule has 0 aliphatic carbocycles. The van der Waals surface area contributed by atoms with Crippen molar-refractivity contribution in [3.05, 3.63) is 70.8 Å². The van der Waals surface area contributed by atoms with Gasteiger partial charge in [-0.15, -0.1) is 0 Å². The number of ketones is 1. The molecule has 3 nitrogen and oxygen atoms in total. The van der Waals surface area contributed by atoms with E-state index in [-0.39, 0.29) is 0 Å². The second-order valence-electron chi connectivity index (χ2n) is 5.46. The summed E-state index contributed by atoms with van der Waals surface area (Å²) >= 11 is 0. The van der Waals surface area contributed by atoms with Crippen molar-refractivity contribution in [3.8, 4) is 0 Å². The van der Waals surface area contributed by atoms with Crippen molar-refractivity contribution in [1.82, 2.24) is 4.90 Å². The molecule has 120 valence electrons. The molecule has 0 radical (unpaired) electrons. The Morgan fingerprint density at radius 2 is 1.61 bits per heavy atom. The third-order valence-corrected chi connectivity index (χ3v) is 3.84. The van der Waals surface area contributed by atoms with Gasteiger partial charge in [-0.3, -0.25) is 9.59 Å². The summed E-state index contributed by atoms with van der Waals surface area (Å²) in [6.45, 7) is 3.53. The second kappa shape index (κ2) is 6.69. The smallest absolute Gasteiger partial charge is 0.295 e. The van der Waals surface area contributed by atoms with Gasteiger partial charge in [0.1, 0.15) is 0 Å². The predicted octanol–water partition coefficient (Wildman–Crippen LogP) is 3.68. The Morgan fingerprint density at radius 1 is 1.00 bits per heavy atom. The van der Waals surface area contributed by atoms with Crippen LogP contribution in [0.25, 0.3) is 0 Å². The first kappa shape index (κ1) is 16.8. The number of likely N-dealkylation sites (N-methyl/N-ethyl adjacent to an activating group) is 1. The van der Waals surface area contributed by atoms with Gasteiger partial charge in [-0.25, -0.2) is 8.78 Å². The van der Waals surface area contributed by atoms with Gasteiger partial charge in [0.25, 0.3) is 5.91 Å². The van der Waals surface area contributed by atoms with Crippen LogP contribution in [0.15, 0.2) is 42.5 Å². The highest BCUT2D eigenvalue weighted by molar-refractivity contribution is 6.42. The maximum Gasteiger partial charge on any atom is 0.295 e. The van der Waals surface area contributed by atoms with Crippen LogP contribution in [0.3, 0.4) is 0 Å². The van der Waals surface area contributed by atoms with Crippen molar-refractivity contribution in [3.63, 3.8) is 0 Å². The first-order valence-electron chi connectivity index (χ1n) is 7.14. The standard InChI is InChI=1S/C18H17F2NO2/c1-11-4-6-13(7-5-11)17(22)18(23)21(3)12(2)14-8-9-15(19)16(20)10-14/h4-10,12H,1-3H3. The molecule has 0 saturated carbocycles. The summed E-state index contributed by atoms with van der Waals surface area (Å²) in [6, 6.07) is 9.53. The number of hydrogen-bond donors (Lipinski definition) is 0. The molecule has 1 amide bonds. The van der Waals surface area contributed by atoms with Gasteiger partial charge in [-0.05, 0) is 31.5 Å². The highest BCUT2D eigenvalue weighted by atomic mass is 19.2. The molecule has 2 aromatic carbocycles. The van der Waals surface area contributed by atoms with Crippen LogP contribution < -0.4 is 0 Å². The minimum absolute atomic E-state index is 0.296. The van der Waals surface area contributed by atoms with Crippen LogP contribution in [0.5, 0.6) is 0 Å². The van der Waals surface area contributed by atoms with Crippen LogP contribution in [0.2, 0.25) is 0 Å². The number of carbonyl (C=O) groups is 2. The van der Waals surface area contributed by atoms with E-state index in [2.05, 4.69) is 0 Å². The summed E-state index contributed by atoms with van der Waals surface area (Å²) < 4.78 is 26.3. The van der Waals surface area contributed by atoms with Crippen LogP contribution >= 0.6 is 0 Å². The zero-order valence-corrected chi connectivity index (χ0v) is 13.1. The molecule has 0 aliphatic heterocycles. The third-order valence-electron chi connectivity index (χ3n) is 3.84. The van der Waals surface area contributed by atoms with Gasteiger partial charge in [-0.2, -0.15) is 0 Å². The molecule has 0 heterocycles. The lowest BCUT2D eigenvalue weighted by atomic mass is 10.0. The molecule has 0 fully saturated rings. The second-order valence-corrected chi connectivity index (χ2v) is 5.46. The lowest BCUT2D eigenvalue weighted by Gasteiger charge is -2.24. The van der Waals surface area contributed by atoms with E-state index in [1.54, 1.807) is 31.2 Å². The van der Waals surface area contributed by atoms with Crippen LogP contribution in [0, 0.1) is 18.6 Å². The number of hydrogen-bond acceptors (Lipinski definition) is 2. The average Bonchev–Trinajstić information content (AvgIpc) is 2.55. The molecular formula is C18H17F2NO2. The van der Waals surface area contributed by atoms with Gasteiger partial charge >= 0.3 is 0 Å². The highest BCUT2D eigenvalue weighted by Crippen LogP contribution is 2.21. The molecule has 0 aromatic heterocycles. The van der Waals surface area contributed by atoms with Crippen molar-refractivity contribution < 1.29 is 18.4 Å². The number of rotatable bonds is 4. The normalized spacial score (nSPS) is 11.9. The monoisotopic (exact) mass is 317 g/mol. The molecule has 2 aromatic rings. The van der Waals surface area contributed by atoms with Gasteiger partial charge in [0.05, 0.1) is 6.04 Å². The molecule has 0 bridgehead atoms. The highest BCUT2D eigenvalue weighted by Gasteiger charge is 2.25. The maximum absolute atomic E-state index is 13.3. The lowest BCUT2D eigenvalue weighted by molar-refractivity contribution is -0.127. The minimum Gasteiger partial charge on any atom is -0.332 e. The summed E-state index contributed by atoms with van der Waals surface area (Å²) in [4.78, 5) is 25.7. The molecule has 2 rings (SSSR count). The Bertz CT molecular complexity index is 741. The Hall–Kier alpha value is -2.56. The van der Waals surface area contributed by atoms with Crippen LogP contribution in [-0.4, -0.2) is 23.6 Å². The van der Waals surface area contributed by atoms with E-state index in [1.165, 1.54) is 18.0 Å². The number of amides is 1. The van der Waals surface area contributed by atoms with E-state index in [4.69, 9.17) is 0 Å². The summed E-state index contributed by atoms with van der Waals surface area (Å²) in [5.41, 5.74) is 1.69. The van der Waals surface area contributed by atoms with Crippen molar-refractivity contribution in [2.75, 3.05) is 7.05 Å². The van der Waals surface area contributed by atoms with Crippen molar-refractivity contribution >= 4 is 11.7 Å². The predicted molar refractivity (Wildman–Crippen MR) is 83.1 cm³/mol. The summed E-state index contributed by atoms with van der Waals surface area (Å²) in [5.74, 6) is -3.28. The van der Waals surface area contributed by atoms with E-state index < -0.39 is 29.4 Å². The SMILES string of the molecule is Cc1ccc(C(=O)C(=O)N(C)C(C)c2ccc(F)c(F)c2)cc1. The fourth-order valence-corrected chi connectivity index (χ4v) is 2.16. The molecule has 0 aliphatic rings. The third kappa shape index (κ3) is 3.62.